The number of carbonyl (C=O) groups is 3. The van der Waals surface area contributed by atoms with Crippen molar-refractivity contribution in [1.29, 1.82) is 0 Å². The lowest BCUT2D eigenvalue weighted by molar-refractivity contribution is -0.137. The van der Waals surface area contributed by atoms with Gasteiger partial charge in [-0.1, -0.05) is 18.2 Å². The van der Waals surface area contributed by atoms with E-state index < -0.39 is 29.8 Å². The van der Waals surface area contributed by atoms with Crippen LogP contribution in [0.25, 0.3) is 0 Å². The number of ether oxygens (including phenoxy) is 5. The molecule has 164 valence electrons. The van der Waals surface area contributed by atoms with Gasteiger partial charge in [0, 0.05) is 16.7 Å². The first-order valence-corrected chi connectivity index (χ1v) is 9.19. The minimum atomic E-state index is -1.29. The molecule has 9 heteroatoms. The van der Waals surface area contributed by atoms with Gasteiger partial charge in [0.15, 0.2) is 6.10 Å². The van der Waals surface area contributed by atoms with Crippen molar-refractivity contribution in [2.45, 2.75) is 32.5 Å². The minimum Gasteiger partial charge on any atom is -0.489 e. The van der Waals surface area contributed by atoms with E-state index in [1.807, 2.05) is 0 Å². The Balaban J connectivity index is 3.23. The van der Waals surface area contributed by atoms with Gasteiger partial charge in [-0.2, -0.15) is 0 Å². The molecule has 0 aliphatic rings. The summed E-state index contributed by atoms with van der Waals surface area (Å²) >= 11 is 6.10. The first kappa shape index (κ1) is 25.0. The highest BCUT2D eigenvalue weighted by molar-refractivity contribution is 6.30. The second-order valence-corrected chi connectivity index (χ2v) is 7.33. The fraction of sp³-hybridized carbons (Fsp3) is 0.381. The smallest absolute Gasteiger partial charge is 0.489 e. The highest BCUT2D eigenvalue weighted by Gasteiger charge is 2.31. The van der Waals surface area contributed by atoms with E-state index in [2.05, 4.69) is 11.3 Å². The first-order chi connectivity index (χ1) is 14.0. The van der Waals surface area contributed by atoms with Crippen molar-refractivity contribution in [2.24, 2.45) is 0 Å². The lowest BCUT2D eigenvalue weighted by atomic mass is 10.0. The number of rotatable bonds is 8. The molecule has 8 nitrogen and oxygen atoms in total. The molecule has 0 bridgehead atoms. The molecule has 1 aromatic rings. The number of carbonyl (C=O) groups excluding carboxylic acids is 3. The van der Waals surface area contributed by atoms with Crippen LogP contribution in [0.3, 0.4) is 0 Å². The molecule has 0 aliphatic heterocycles. The van der Waals surface area contributed by atoms with Gasteiger partial charge < -0.3 is 23.7 Å². The van der Waals surface area contributed by atoms with Crippen LogP contribution in [0.4, 0.5) is 4.79 Å². The average Bonchev–Trinajstić information content (AvgIpc) is 2.67. The second kappa shape index (κ2) is 11.3. The molecule has 30 heavy (non-hydrogen) atoms. The topological polar surface area (TPSA) is 97.4 Å². The maximum absolute atomic E-state index is 12.2. The summed E-state index contributed by atoms with van der Waals surface area (Å²) in [7, 11) is 2.42. The van der Waals surface area contributed by atoms with Gasteiger partial charge >= 0.3 is 18.1 Å². The van der Waals surface area contributed by atoms with Crippen molar-refractivity contribution in [3.8, 4) is 5.75 Å². The molecule has 1 unspecified atom stereocenters. The van der Waals surface area contributed by atoms with Crippen LogP contribution in [0.15, 0.2) is 42.5 Å². The summed E-state index contributed by atoms with van der Waals surface area (Å²) in [6.45, 7) is 8.67. The van der Waals surface area contributed by atoms with Gasteiger partial charge in [0.2, 0.25) is 0 Å². The van der Waals surface area contributed by atoms with Gasteiger partial charge in [-0.05, 0) is 45.0 Å². The fourth-order valence-electron chi connectivity index (χ4n) is 2.14. The van der Waals surface area contributed by atoms with Gasteiger partial charge in [0.25, 0.3) is 0 Å². The number of halogens is 1. The van der Waals surface area contributed by atoms with E-state index in [0.29, 0.717) is 5.02 Å². The first-order valence-electron chi connectivity index (χ1n) is 8.82. The molecule has 0 aliphatic carbocycles. The van der Waals surface area contributed by atoms with E-state index >= 15 is 0 Å². The van der Waals surface area contributed by atoms with Gasteiger partial charge in [-0.25, -0.2) is 14.4 Å². The lowest BCUT2D eigenvalue weighted by Crippen LogP contribution is -2.27. The molecule has 0 spiro atoms. The third kappa shape index (κ3) is 8.16. The normalized spacial score (nSPS) is 12.1. The highest BCUT2D eigenvalue weighted by Crippen LogP contribution is 2.35. The standard InChI is InChI=1S/C21H25ClO8/c1-13(19(24)27-6)18(29-20(25)30-21(2,3)4)15-12-14(22)9-10-16(15)28-11-7-8-17(23)26-5/h7-10,12,18H,1,11H2,2-6H3/b8-7+. The Kier molecular flexibility index (Phi) is 9.39. The number of hydrogen-bond acceptors (Lipinski definition) is 8. The predicted molar refractivity (Wildman–Crippen MR) is 109 cm³/mol. The lowest BCUT2D eigenvalue weighted by Gasteiger charge is -2.24. The van der Waals surface area contributed by atoms with E-state index in [0.717, 1.165) is 0 Å². The van der Waals surface area contributed by atoms with E-state index in [1.54, 1.807) is 26.8 Å². The van der Waals surface area contributed by atoms with Crippen molar-refractivity contribution < 1.29 is 38.1 Å². The Morgan fingerprint density at radius 1 is 1.17 bits per heavy atom. The van der Waals surface area contributed by atoms with Crippen molar-refractivity contribution in [2.75, 3.05) is 20.8 Å². The van der Waals surface area contributed by atoms with Crippen molar-refractivity contribution in [3.63, 3.8) is 0 Å². The second-order valence-electron chi connectivity index (χ2n) is 6.90. The molecule has 0 heterocycles. The fourth-order valence-corrected chi connectivity index (χ4v) is 2.32. The molecule has 0 radical (unpaired) electrons. The van der Waals surface area contributed by atoms with E-state index in [1.165, 1.54) is 38.5 Å². The van der Waals surface area contributed by atoms with Gasteiger partial charge in [0.05, 0.1) is 19.8 Å². The van der Waals surface area contributed by atoms with Crippen LogP contribution in [-0.4, -0.2) is 44.5 Å². The zero-order valence-corrected chi connectivity index (χ0v) is 18.3. The van der Waals surface area contributed by atoms with Gasteiger partial charge in [-0.15, -0.1) is 0 Å². The molecular formula is C21H25ClO8. The largest absolute Gasteiger partial charge is 0.509 e. The monoisotopic (exact) mass is 440 g/mol. The Labute approximate surface area is 180 Å². The van der Waals surface area contributed by atoms with Crippen LogP contribution in [0.2, 0.25) is 5.02 Å². The summed E-state index contributed by atoms with van der Waals surface area (Å²) < 4.78 is 25.4. The van der Waals surface area contributed by atoms with Gasteiger partial charge in [0.1, 0.15) is 18.0 Å². The summed E-state index contributed by atoms with van der Waals surface area (Å²) in [5, 5.41) is 0.304. The maximum Gasteiger partial charge on any atom is 0.509 e. The summed E-state index contributed by atoms with van der Waals surface area (Å²) in [5.41, 5.74) is -0.739. The molecular weight excluding hydrogens is 416 g/mol. The quantitative estimate of drug-likeness (QED) is 0.337. The summed E-state index contributed by atoms with van der Waals surface area (Å²) in [5.74, 6) is -1.09. The number of benzene rings is 1. The Morgan fingerprint density at radius 3 is 2.40 bits per heavy atom. The summed E-state index contributed by atoms with van der Waals surface area (Å²) in [6, 6.07) is 4.54. The molecule has 0 saturated heterocycles. The molecule has 1 aromatic carbocycles. The number of methoxy groups -OCH3 is 2. The molecule has 0 N–H and O–H groups in total. The SMILES string of the molecule is C=C(C(=O)OC)C(OC(=O)OC(C)(C)C)c1cc(Cl)ccc1OC/C=C/C(=O)OC. The Morgan fingerprint density at radius 2 is 1.83 bits per heavy atom. The third-order valence-corrected chi connectivity index (χ3v) is 3.65. The number of hydrogen-bond donors (Lipinski definition) is 0. The molecule has 1 atom stereocenters. The maximum atomic E-state index is 12.2. The van der Waals surface area contributed by atoms with E-state index in [4.69, 9.17) is 30.5 Å². The molecule has 0 amide bonds. The molecule has 1 rings (SSSR count). The van der Waals surface area contributed by atoms with Crippen LogP contribution >= 0.6 is 11.6 Å². The van der Waals surface area contributed by atoms with E-state index in [-0.39, 0.29) is 23.5 Å². The molecule has 0 fully saturated rings. The zero-order chi connectivity index (χ0) is 22.9. The van der Waals surface area contributed by atoms with Crippen molar-refractivity contribution in [1.82, 2.24) is 0 Å². The van der Waals surface area contributed by atoms with Gasteiger partial charge in [-0.3, -0.25) is 0 Å². The molecule has 0 aromatic heterocycles. The Hall–Kier alpha value is -3.00. The molecule has 0 saturated carbocycles. The zero-order valence-electron chi connectivity index (χ0n) is 17.5. The van der Waals surface area contributed by atoms with Crippen LogP contribution in [-0.2, 0) is 28.5 Å². The predicted octanol–water partition coefficient (Wildman–Crippen LogP) is 4.17. The average molecular weight is 441 g/mol. The number of esters is 2. The summed E-state index contributed by atoms with van der Waals surface area (Å²) in [6.07, 6.45) is 0.320. The minimum absolute atomic E-state index is 0.00636. The highest BCUT2D eigenvalue weighted by atomic mass is 35.5. The van der Waals surface area contributed by atoms with Crippen LogP contribution < -0.4 is 4.74 Å². The van der Waals surface area contributed by atoms with Crippen molar-refractivity contribution in [3.05, 3.63) is 53.1 Å². The Bertz CT molecular complexity index is 823. The van der Waals surface area contributed by atoms with Crippen LogP contribution in [0.1, 0.15) is 32.4 Å². The summed E-state index contributed by atoms with van der Waals surface area (Å²) in [4.78, 5) is 35.5. The van der Waals surface area contributed by atoms with Crippen LogP contribution in [0.5, 0.6) is 5.75 Å². The van der Waals surface area contributed by atoms with Crippen LogP contribution in [0, 0.1) is 0 Å². The van der Waals surface area contributed by atoms with Crippen molar-refractivity contribution >= 4 is 29.7 Å². The third-order valence-electron chi connectivity index (χ3n) is 3.41. The van der Waals surface area contributed by atoms with E-state index in [9.17, 15) is 14.4 Å².